The highest BCUT2D eigenvalue weighted by Gasteiger charge is 2.17. The van der Waals surface area contributed by atoms with Crippen molar-refractivity contribution in [3.63, 3.8) is 0 Å². The largest absolute Gasteiger partial charge is 0.494 e. The van der Waals surface area contributed by atoms with Gasteiger partial charge < -0.3 is 14.7 Å². The van der Waals surface area contributed by atoms with Crippen LogP contribution in [0.2, 0.25) is 0 Å². The van der Waals surface area contributed by atoms with Crippen molar-refractivity contribution in [1.29, 1.82) is 0 Å². The lowest BCUT2D eigenvalue weighted by Gasteiger charge is -2.22. The number of hydrogen-bond acceptors (Lipinski definition) is 4. The number of ether oxygens (including phenoxy) is 2. The van der Waals surface area contributed by atoms with E-state index in [1.54, 1.807) is 0 Å². The lowest BCUT2D eigenvalue weighted by molar-refractivity contribution is 0.0332. The average Bonchev–Trinajstić information content (AvgIpc) is 2.49. The zero-order chi connectivity index (χ0) is 13.3. The maximum Gasteiger partial charge on any atom is 0.119 e. The van der Waals surface area contributed by atoms with Crippen LogP contribution >= 0.6 is 0 Å². The lowest BCUT2D eigenvalue weighted by atomic mass is 9.96. The minimum atomic E-state index is 0.308. The third-order valence-electron chi connectivity index (χ3n) is 3.31. The number of para-hydroxylation sites is 1. The van der Waals surface area contributed by atoms with Crippen molar-refractivity contribution >= 4 is 5.71 Å². The fourth-order valence-corrected chi connectivity index (χ4v) is 2.21. The summed E-state index contributed by atoms with van der Waals surface area (Å²) in [6, 6.07) is 9.82. The van der Waals surface area contributed by atoms with E-state index in [4.69, 9.17) is 14.7 Å². The summed E-state index contributed by atoms with van der Waals surface area (Å²) >= 11 is 0. The molecule has 0 atom stereocenters. The van der Waals surface area contributed by atoms with E-state index in [2.05, 4.69) is 5.16 Å². The standard InChI is InChI=1S/C15H21NO3/c17-16-13-7-9-15(10-8-13)19-12-4-11-18-14-5-2-1-3-6-14/h1-3,5-6,15,17H,4,7-12H2. The maximum atomic E-state index is 8.66. The molecule has 0 saturated heterocycles. The number of hydrogen-bond donors (Lipinski definition) is 1. The van der Waals surface area contributed by atoms with E-state index in [1.165, 1.54) is 0 Å². The summed E-state index contributed by atoms with van der Waals surface area (Å²) in [6.07, 6.45) is 4.82. The summed E-state index contributed by atoms with van der Waals surface area (Å²) in [5.41, 5.74) is 0.896. The van der Waals surface area contributed by atoms with Crippen LogP contribution in [0.25, 0.3) is 0 Å². The highest BCUT2D eigenvalue weighted by molar-refractivity contribution is 5.84. The van der Waals surface area contributed by atoms with Gasteiger partial charge in [0.2, 0.25) is 0 Å². The molecule has 0 radical (unpaired) electrons. The van der Waals surface area contributed by atoms with Gasteiger partial charge in [-0.2, -0.15) is 0 Å². The first kappa shape index (κ1) is 13.9. The first-order chi connectivity index (χ1) is 9.38. The summed E-state index contributed by atoms with van der Waals surface area (Å²) in [4.78, 5) is 0. The van der Waals surface area contributed by atoms with Crippen LogP contribution in [0.15, 0.2) is 35.5 Å². The predicted octanol–water partition coefficient (Wildman–Crippen LogP) is 3.24. The molecule has 2 rings (SSSR count). The molecule has 1 saturated carbocycles. The number of oxime groups is 1. The van der Waals surface area contributed by atoms with Crippen molar-refractivity contribution in [3.8, 4) is 5.75 Å². The molecule has 0 amide bonds. The normalized spacial score (nSPS) is 19.2. The second kappa shape index (κ2) is 7.79. The van der Waals surface area contributed by atoms with Crippen molar-refractivity contribution in [3.05, 3.63) is 30.3 Å². The highest BCUT2D eigenvalue weighted by Crippen LogP contribution is 2.19. The van der Waals surface area contributed by atoms with Crippen LogP contribution in [0.5, 0.6) is 5.75 Å². The number of rotatable bonds is 6. The van der Waals surface area contributed by atoms with Gasteiger partial charge >= 0.3 is 0 Å². The molecule has 0 aromatic heterocycles. The van der Waals surface area contributed by atoms with Crippen LogP contribution in [-0.4, -0.2) is 30.2 Å². The predicted molar refractivity (Wildman–Crippen MR) is 74.0 cm³/mol. The molecule has 1 aliphatic carbocycles. The topological polar surface area (TPSA) is 51.1 Å². The second-order valence-electron chi connectivity index (χ2n) is 4.75. The second-order valence-corrected chi connectivity index (χ2v) is 4.75. The van der Waals surface area contributed by atoms with Gasteiger partial charge in [0.15, 0.2) is 0 Å². The molecule has 1 aliphatic rings. The van der Waals surface area contributed by atoms with Crippen molar-refractivity contribution < 1.29 is 14.7 Å². The number of benzene rings is 1. The lowest BCUT2D eigenvalue weighted by Crippen LogP contribution is -2.22. The van der Waals surface area contributed by atoms with Crippen LogP contribution in [0, 0.1) is 0 Å². The zero-order valence-electron chi connectivity index (χ0n) is 11.1. The van der Waals surface area contributed by atoms with E-state index in [9.17, 15) is 0 Å². The Kier molecular flexibility index (Phi) is 5.69. The fraction of sp³-hybridized carbons (Fsp3) is 0.533. The van der Waals surface area contributed by atoms with E-state index < -0.39 is 0 Å². The van der Waals surface area contributed by atoms with Gasteiger partial charge in [0, 0.05) is 6.42 Å². The van der Waals surface area contributed by atoms with Crippen LogP contribution in [0.4, 0.5) is 0 Å². The monoisotopic (exact) mass is 263 g/mol. The summed E-state index contributed by atoms with van der Waals surface area (Å²) < 4.78 is 11.4. The van der Waals surface area contributed by atoms with Gasteiger partial charge in [-0.05, 0) is 37.8 Å². The molecule has 0 aliphatic heterocycles. The van der Waals surface area contributed by atoms with Gasteiger partial charge in [0.25, 0.3) is 0 Å². The smallest absolute Gasteiger partial charge is 0.119 e. The minimum Gasteiger partial charge on any atom is -0.494 e. The van der Waals surface area contributed by atoms with Crippen molar-refractivity contribution in [2.75, 3.05) is 13.2 Å². The Morgan fingerprint density at radius 2 is 1.84 bits per heavy atom. The van der Waals surface area contributed by atoms with Crippen molar-refractivity contribution in [2.45, 2.75) is 38.2 Å². The summed E-state index contributed by atoms with van der Waals surface area (Å²) in [5.74, 6) is 0.906. The summed E-state index contributed by atoms with van der Waals surface area (Å²) in [7, 11) is 0. The molecule has 0 unspecified atom stereocenters. The molecule has 4 heteroatoms. The van der Waals surface area contributed by atoms with Crippen LogP contribution in [0.1, 0.15) is 32.1 Å². The minimum absolute atomic E-state index is 0.308. The van der Waals surface area contributed by atoms with Crippen LogP contribution in [-0.2, 0) is 4.74 Å². The summed E-state index contributed by atoms with van der Waals surface area (Å²) in [6.45, 7) is 1.41. The maximum absolute atomic E-state index is 8.66. The van der Waals surface area contributed by atoms with Crippen LogP contribution < -0.4 is 4.74 Å². The first-order valence-electron chi connectivity index (χ1n) is 6.88. The van der Waals surface area contributed by atoms with Gasteiger partial charge in [0.05, 0.1) is 25.0 Å². The Bertz CT molecular complexity index is 382. The first-order valence-corrected chi connectivity index (χ1v) is 6.88. The molecule has 1 fully saturated rings. The molecule has 19 heavy (non-hydrogen) atoms. The van der Waals surface area contributed by atoms with E-state index >= 15 is 0 Å². The molecular formula is C15H21NO3. The van der Waals surface area contributed by atoms with Crippen molar-refractivity contribution in [1.82, 2.24) is 0 Å². The van der Waals surface area contributed by atoms with E-state index in [0.717, 1.165) is 50.2 Å². The SMILES string of the molecule is ON=C1CCC(OCCCOc2ccccc2)CC1. The van der Waals surface area contributed by atoms with Gasteiger partial charge in [-0.1, -0.05) is 23.4 Å². The Morgan fingerprint density at radius 1 is 1.11 bits per heavy atom. The molecule has 0 bridgehead atoms. The van der Waals surface area contributed by atoms with Gasteiger partial charge in [-0.15, -0.1) is 0 Å². The van der Waals surface area contributed by atoms with Crippen LogP contribution in [0.3, 0.4) is 0 Å². The average molecular weight is 263 g/mol. The summed E-state index contributed by atoms with van der Waals surface area (Å²) in [5, 5.41) is 11.9. The molecule has 0 spiro atoms. The van der Waals surface area contributed by atoms with Gasteiger partial charge in [-0.3, -0.25) is 0 Å². The molecular weight excluding hydrogens is 242 g/mol. The third kappa shape index (κ3) is 4.91. The molecule has 104 valence electrons. The molecule has 1 aromatic carbocycles. The van der Waals surface area contributed by atoms with Crippen molar-refractivity contribution in [2.24, 2.45) is 5.16 Å². The molecule has 0 heterocycles. The number of nitrogens with zero attached hydrogens (tertiary/aromatic N) is 1. The van der Waals surface area contributed by atoms with E-state index in [0.29, 0.717) is 12.7 Å². The Hall–Kier alpha value is -1.55. The quantitative estimate of drug-likeness (QED) is 0.487. The zero-order valence-corrected chi connectivity index (χ0v) is 11.1. The Labute approximate surface area is 114 Å². The molecule has 1 N–H and O–H groups in total. The van der Waals surface area contributed by atoms with Gasteiger partial charge in [-0.25, -0.2) is 0 Å². The molecule has 1 aromatic rings. The third-order valence-corrected chi connectivity index (χ3v) is 3.31. The Morgan fingerprint density at radius 3 is 2.53 bits per heavy atom. The Balaban J connectivity index is 1.53. The van der Waals surface area contributed by atoms with E-state index in [1.807, 2.05) is 30.3 Å². The van der Waals surface area contributed by atoms with Gasteiger partial charge in [0.1, 0.15) is 5.75 Å². The highest BCUT2D eigenvalue weighted by atomic mass is 16.5. The van der Waals surface area contributed by atoms with E-state index in [-0.39, 0.29) is 0 Å². The molecule has 4 nitrogen and oxygen atoms in total. The fourth-order valence-electron chi connectivity index (χ4n) is 2.21.